The highest BCUT2D eigenvalue weighted by Gasteiger charge is 2.30. The average Bonchev–Trinajstić information content (AvgIpc) is 2.74. The molecule has 2 rings (SSSR count). The first kappa shape index (κ1) is 8.75. The average molecular weight is 180 g/mol. The van der Waals surface area contributed by atoms with Gasteiger partial charge in [0.15, 0.2) is 0 Å². The minimum Gasteiger partial charge on any atom is -0.447 e. The van der Waals surface area contributed by atoms with Crippen molar-refractivity contribution in [1.82, 2.24) is 9.88 Å². The molecule has 0 aliphatic carbocycles. The van der Waals surface area contributed by atoms with Crippen molar-refractivity contribution >= 4 is 0 Å². The van der Waals surface area contributed by atoms with E-state index in [9.17, 15) is 0 Å². The second-order valence-electron chi connectivity index (χ2n) is 3.86. The van der Waals surface area contributed by atoms with Gasteiger partial charge in [0, 0.05) is 6.04 Å². The van der Waals surface area contributed by atoms with Crippen molar-refractivity contribution in [3.05, 3.63) is 18.4 Å². The van der Waals surface area contributed by atoms with E-state index in [4.69, 9.17) is 4.42 Å². The summed E-state index contributed by atoms with van der Waals surface area (Å²) in [6, 6.07) is 0.995. The van der Waals surface area contributed by atoms with Crippen LogP contribution in [0.2, 0.25) is 0 Å². The summed E-state index contributed by atoms with van der Waals surface area (Å²) in [4.78, 5) is 6.67. The number of hydrogen-bond acceptors (Lipinski definition) is 3. The summed E-state index contributed by atoms with van der Waals surface area (Å²) in [5.74, 6) is 0.881. The summed E-state index contributed by atoms with van der Waals surface area (Å²) < 4.78 is 5.35. The second-order valence-corrected chi connectivity index (χ2v) is 3.86. The normalized spacial score (nSPS) is 24.4. The molecule has 0 aromatic carbocycles. The summed E-state index contributed by atoms with van der Waals surface area (Å²) in [7, 11) is 0. The topological polar surface area (TPSA) is 29.3 Å². The zero-order valence-corrected chi connectivity index (χ0v) is 8.23. The van der Waals surface area contributed by atoms with Crippen molar-refractivity contribution in [3.63, 3.8) is 0 Å². The quantitative estimate of drug-likeness (QED) is 0.698. The van der Waals surface area contributed by atoms with Gasteiger partial charge in [-0.3, -0.25) is 4.90 Å². The number of nitrogens with zero attached hydrogens (tertiary/aromatic N) is 2. The lowest BCUT2D eigenvalue weighted by atomic mass is 10.2. The molecule has 1 unspecified atom stereocenters. The highest BCUT2D eigenvalue weighted by molar-refractivity contribution is 4.95. The SMILES string of the molecule is CC(C)N1CCCC1c1ncco1. The summed E-state index contributed by atoms with van der Waals surface area (Å²) in [5, 5.41) is 0. The minimum atomic E-state index is 0.412. The van der Waals surface area contributed by atoms with Crippen molar-refractivity contribution in [2.75, 3.05) is 6.54 Å². The van der Waals surface area contributed by atoms with Gasteiger partial charge in [-0.15, -0.1) is 0 Å². The summed E-state index contributed by atoms with van der Waals surface area (Å²) in [6.07, 6.45) is 5.82. The van der Waals surface area contributed by atoms with Crippen LogP contribution in [0.1, 0.15) is 38.6 Å². The Bertz CT molecular complexity index is 256. The van der Waals surface area contributed by atoms with Crippen molar-refractivity contribution in [2.24, 2.45) is 0 Å². The Labute approximate surface area is 78.8 Å². The number of likely N-dealkylation sites (tertiary alicyclic amines) is 1. The maximum atomic E-state index is 5.35. The van der Waals surface area contributed by atoms with Crippen LogP contribution in [0.25, 0.3) is 0 Å². The van der Waals surface area contributed by atoms with E-state index in [2.05, 4.69) is 23.7 Å². The van der Waals surface area contributed by atoms with E-state index in [1.165, 1.54) is 19.4 Å². The third-order valence-electron chi connectivity index (χ3n) is 2.69. The van der Waals surface area contributed by atoms with Crippen LogP contribution >= 0.6 is 0 Å². The Balaban J connectivity index is 2.14. The molecule has 0 N–H and O–H groups in total. The van der Waals surface area contributed by atoms with Gasteiger partial charge in [0.05, 0.1) is 12.2 Å². The molecule has 1 saturated heterocycles. The smallest absolute Gasteiger partial charge is 0.211 e. The lowest BCUT2D eigenvalue weighted by molar-refractivity contribution is 0.179. The van der Waals surface area contributed by atoms with Gasteiger partial charge in [0.2, 0.25) is 5.89 Å². The molecule has 0 amide bonds. The fourth-order valence-electron chi connectivity index (χ4n) is 2.07. The van der Waals surface area contributed by atoms with Crippen LogP contribution in [0, 0.1) is 0 Å². The molecule has 0 spiro atoms. The fraction of sp³-hybridized carbons (Fsp3) is 0.700. The third kappa shape index (κ3) is 1.61. The summed E-state index contributed by atoms with van der Waals surface area (Å²) >= 11 is 0. The highest BCUT2D eigenvalue weighted by Crippen LogP contribution is 2.32. The molecule has 1 aliphatic rings. The predicted octanol–water partition coefficient (Wildman–Crippen LogP) is 2.22. The van der Waals surface area contributed by atoms with Gasteiger partial charge in [-0.1, -0.05) is 0 Å². The van der Waals surface area contributed by atoms with E-state index < -0.39 is 0 Å². The van der Waals surface area contributed by atoms with Gasteiger partial charge in [-0.2, -0.15) is 0 Å². The van der Waals surface area contributed by atoms with E-state index in [0.29, 0.717) is 12.1 Å². The number of aromatic nitrogens is 1. The Hall–Kier alpha value is -0.830. The van der Waals surface area contributed by atoms with Crippen molar-refractivity contribution in [3.8, 4) is 0 Å². The van der Waals surface area contributed by atoms with E-state index in [0.717, 1.165) is 5.89 Å². The molecule has 0 saturated carbocycles. The van der Waals surface area contributed by atoms with E-state index in [-0.39, 0.29) is 0 Å². The lowest BCUT2D eigenvalue weighted by Gasteiger charge is -2.25. The first-order valence-corrected chi connectivity index (χ1v) is 4.94. The zero-order chi connectivity index (χ0) is 9.26. The van der Waals surface area contributed by atoms with E-state index >= 15 is 0 Å². The standard InChI is InChI=1S/C10H16N2O/c1-8(2)12-6-3-4-9(12)10-11-5-7-13-10/h5,7-9H,3-4,6H2,1-2H3. The monoisotopic (exact) mass is 180 g/mol. The second kappa shape index (κ2) is 3.50. The Kier molecular flexibility index (Phi) is 2.36. The molecule has 1 aliphatic heterocycles. The molecule has 1 atom stereocenters. The number of rotatable bonds is 2. The van der Waals surface area contributed by atoms with Crippen LogP contribution < -0.4 is 0 Å². The minimum absolute atomic E-state index is 0.412. The Morgan fingerprint density at radius 3 is 3.08 bits per heavy atom. The lowest BCUT2D eigenvalue weighted by Crippen LogP contribution is -2.30. The predicted molar refractivity (Wildman–Crippen MR) is 50.3 cm³/mol. The van der Waals surface area contributed by atoms with Crippen LogP contribution in [0.15, 0.2) is 16.9 Å². The molecule has 3 nitrogen and oxygen atoms in total. The number of oxazole rings is 1. The van der Waals surface area contributed by atoms with Crippen molar-refractivity contribution in [1.29, 1.82) is 0 Å². The first-order chi connectivity index (χ1) is 6.29. The van der Waals surface area contributed by atoms with Crippen LogP contribution in [0.3, 0.4) is 0 Å². The maximum Gasteiger partial charge on any atom is 0.211 e. The highest BCUT2D eigenvalue weighted by atomic mass is 16.3. The van der Waals surface area contributed by atoms with Crippen LogP contribution in [-0.4, -0.2) is 22.5 Å². The first-order valence-electron chi connectivity index (χ1n) is 4.94. The van der Waals surface area contributed by atoms with Gasteiger partial charge in [-0.25, -0.2) is 4.98 Å². The van der Waals surface area contributed by atoms with Crippen LogP contribution in [-0.2, 0) is 0 Å². The zero-order valence-electron chi connectivity index (χ0n) is 8.23. The summed E-state index contributed by atoms with van der Waals surface area (Å²) in [6.45, 7) is 5.62. The molecule has 1 aromatic rings. The van der Waals surface area contributed by atoms with Crippen molar-refractivity contribution in [2.45, 2.75) is 38.8 Å². The molecule has 1 aromatic heterocycles. The fourth-order valence-corrected chi connectivity index (χ4v) is 2.07. The molecule has 0 bridgehead atoms. The summed E-state index contributed by atoms with van der Waals surface area (Å²) in [5.41, 5.74) is 0. The number of hydrogen-bond donors (Lipinski definition) is 0. The van der Waals surface area contributed by atoms with Crippen molar-refractivity contribution < 1.29 is 4.42 Å². The van der Waals surface area contributed by atoms with Crippen LogP contribution in [0.5, 0.6) is 0 Å². The Morgan fingerprint density at radius 1 is 1.62 bits per heavy atom. The van der Waals surface area contributed by atoms with Gasteiger partial charge in [0.25, 0.3) is 0 Å². The van der Waals surface area contributed by atoms with E-state index in [1.54, 1.807) is 12.5 Å². The van der Waals surface area contributed by atoms with Gasteiger partial charge >= 0.3 is 0 Å². The molecule has 1 fully saturated rings. The van der Waals surface area contributed by atoms with Gasteiger partial charge < -0.3 is 4.42 Å². The van der Waals surface area contributed by atoms with Gasteiger partial charge in [-0.05, 0) is 33.2 Å². The molecular weight excluding hydrogens is 164 g/mol. The molecule has 0 radical (unpaired) electrons. The third-order valence-corrected chi connectivity index (χ3v) is 2.69. The molecular formula is C10H16N2O. The van der Waals surface area contributed by atoms with E-state index in [1.807, 2.05) is 0 Å². The molecule has 3 heteroatoms. The Morgan fingerprint density at radius 2 is 2.46 bits per heavy atom. The molecule has 2 heterocycles. The largest absolute Gasteiger partial charge is 0.447 e. The molecule has 13 heavy (non-hydrogen) atoms. The van der Waals surface area contributed by atoms with Gasteiger partial charge in [0.1, 0.15) is 6.26 Å². The molecule has 72 valence electrons. The maximum absolute atomic E-state index is 5.35. The van der Waals surface area contributed by atoms with Crippen LogP contribution in [0.4, 0.5) is 0 Å².